The zero-order valence-corrected chi connectivity index (χ0v) is 37.3. The van der Waals surface area contributed by atoms with E-state index in [2.05, 4.69) is 6.58 Å². The van der Waals surface area contributed by atoms with Crippen molar-refractivity contribution in [3.63, 3.8) is 0 Å². The average Bonchev–Trinajstić information content (AvgIpc) is 3.31. The van der Waals surface area contributed by atoms with Gasteiger partial charge >= 0.3 is 5.63 Å². The summed E-state index contributed by atoms with van der Waals surface area (Å²) in [7, 11) is -5.57. The zero-order valence-electron chi connectivity index (χ0n) is 33.1. The molecule has 0 saturated heterocycles. The first kappa shape index (κ1) is 46.7. The Morgan fingerprint density at radius 1 is 0.590 bits per heavy atom. The maximum Gasteiger partial charge on any atom is 0.351 e. The van der Waals surface area contributed by atoms with Crippen molar-refractivity contribution in [3.8, 4) is 5.75 Å². The van der Waals surface area contributed by atoms with Gasteiger partial charge in [0.1, 0.15) is 17.1 Å². The summed E-state index contributed by atoms with van der Waals surface area (Å²) in [6.07, 6.45) is 3.58. The van der Waals surface area contributed by atoms with E-state index >= 15 is 0 Å². The van der Waals surface area contributed by atoms with E-state index in [1.54, 1.807) is 18.2 Å². The minimum atomic E-state index is -2.79. The summed E-state index contributed by atoms with van der Waals surface area (Å²) in [4.78, 5) is 24.2. The fraction of sp³-hybridized carbons (Fsp3) is 0.0196. The van der Waals surface area contributed by atoms with Crippen LogP contribution in [0.1, 0.15) is 22.8 Å². The van der Waals surface area contributed by atoms with E-state index in [1.165, 1.54) is 24.3 Å². The van der Waals surface area contributed by atoms with Crippen LogP contribution < -0.4 is 32.1 Å². The summed E-state index contributed by atoms with van der Waals surface area (Å²) in [6, 6.07) is 59.4. The van der Waals surface area contributed by atoms with E-state index in [0.29, 0.717) is 0 Å². The molecular weight excluding hydrogens is 941 g/mol. The van der Waals surface area contributed by atoms with Crippen molar-refractivity contribution in [3.05, 3.63) is 252 Å². The zero-order chi connectivity index (χ0) is 42.5. The quantitative estimate of drug-likeness (QED) is 0.0669. The van der Waals surface area contributed by atoms with Gasteiger partial charge in [0, 0.05) is 86.8 Å². The number of rotatable bonds is 9. The van der Waals surface area contributed by atoms with E-state index in [9.17, 15) is 28.2 Å². The van der Waals surface area contributed by atoms with Crippen LogP contribution in [0.3, 0.4) is 0 Å². The van der Waals surface area contributed by atoms with Crippen LogP contribution in [0, 0.1) is 55.2 Å². The number of hydrogen-bond acceptors (Lipinski definition) is 6. The molecule has 0 amide bonds. The van der Waals surface area contributed by atoms with Crippen LogP contribution in [-0.4, -0.2) is 10.9 Å². The number of para-hydroxylation sites is 1. The second-order valence-corrected chi connectivity index (χ2v) is 18.8. The van der Waals surface area contributed by atoms with Gasteiger partial charge in [-0.05, 0) is 43.3 Å². The van der Waals surface area contributed by atoms with Gasteiger partial charge in [-0.3, -0.25) is 4.79 Å². The van der Waals surface area contributed by atoms with Crippen molar-refractivity contribution in [2.45, 2.75) is 6.92 Å². The fourth-order valence-corrected chi connectivity index (χ4v) is 12.0. The van der Waals surface area contributed by atoms with Gasteiger partial charge in [-0.2, -0.15) is 0 Å². The molecule has 0 saturated carbocycles. The van der Waals surface area contributed by atoms with Crippen molar-refractivity contribution < 1.29 is 77.2 Å². The molecule has 0 bridgehead atoms. The van der Waals surface area contributed by atoms with Crippen LogP contribution in [0.25, 0.3) is 11.0 Å². The maximum atomic E-state index is 13.8. The van der Waals surface area contributed by atoms with Gasteiger partial charge in [0.15, 0.2) is 19.8 Å². The molecule has 61 heavy (non-hydrogen) atoms. The van der Waals surface area contributed by atoms with Crippen molar-refractivity contribution in [2.24, 2.45) is 0 Å². The second-order valence-electron chi connectivity index (χ2n) is 13.3. The Morgan fingerprint density at radius 3 is 1.36 bits per heavy atom. The molecular formula is C51H41EuFO6P2. The molecule has 1 radical (unpaired) electrons. The monoisotopic (exact) mass is 983 g/mol. The first-order valence-corrected chi connectivity index (χ1v) is 22.4. The summed E-state index contributed by atoms with van der Waals surface area (Å²) >= 11 is 0. The molecule has 0 aliphatic carbocycles. The fourth-order valence-electron chi connectivity index (χ4n) is 6.59. The Kier molecular flexibility index (Phi) is 16.8. The van der Waals surface area contributed by atoms with Crippen LogP contribution in [0.15, 0.2) is 233 Å². The summed E-state index contributed by atoms with van der Waals surface area (Å²) in [5.74, 6) is -1.65. The molecule has 6 nitrogen and oxygen atoms in total. The van der Waals surface area contributed by atoms with E-state index in [0.717, 1.165) is 44.0 Å². The topological polar surface area (TPSA) is 102 Å². The summed E-state index contributed by atoms with van der Waals surface area (Å²) in [5.41, 5.74) is -1.11. The standard InChI is InChI=1S/C18H15OP.C17H17OP.C16H9FO4.Eu/c19-20(16-10-4-1-5-11-16,17-12-6-2-7-13-17)18-14-8-3-9-15-18;1-3-15(4-2)19(18,16-11-7-5-8-12-16)17-13-9-6-10-14-17;17-10-7-5-9(6-8-10)14(18)13-15(19)11-3-1-2-4-12(11)21-16(13)20;/h1-15H;3-14H,1H2,2H3;1-8,19H;/b;15-4+;;. The van der Waals surface area contributed by atoms with Crippen LogP contribution in [-0.2, 0) is 9.13 Å². The third kappa shape index (κ3) is 10.6. The predicted octanol–water partition coefficient (Wildman–Crippen LogP) is 10.3. The molecule has 8 aromatic rings. The van der Waals surface area contributed by atoms with Gasteiger partial charge in [-0.1, -0.05) is 183 Å². The predicted molar refractivity (Wildman–Crippen MR) is 244 cm³/mol. The molecule has 0 fully saturated rings. The summed E-state index contributed by atoms with van der Waals surface area (Å²) in [5, 5.41) is 15.5. The number of ketones is 1. The largest absolute Gasteiger partial charge is 0.506 e. The summed E-state index contributed by atoms with van der Waals surface area (Å²) in [6.45, 7) is 5.71. The number of carbonyl (C=O) groups excluding carboxylic acids is 1. The molecule has 10 heteroatoms. The third-order valence-electron chi connectivity index (χ3n) is 9.59. The van der Waals surface area contributed by atoms with E-state index in [-0.39, 0.29) is 65.9 Å². The van der Waals surface area contributed by atoms with Crippen molar-refractivity contribution in [1.29, 1.82) is 0 Å². The number of fused-ring (bicyclic) bond motifs is 1. The normalized spacial score (nSPS) is 11.1. The van der Waals surface area contributed by atoms with Crippen molar-refractivity contribution >= 4 is 57.6 Å². The first-order chi connectivity index (χ1) is 29.1. The van der Waals surface area contributed by atoms with Gasteiger partial charge in [0.2, 0.25) is 5.78 Å². The van der Waals surface area contributed by atoms with Crippen LogP contribution in [0.5, 0.6) is 5.75 Å². The first-order valence-electron chi connectivity index (χ1n) is 19.0. The number of hydrogen-bond donors (Lipinski definition) is 1. The molecule has 1 N–H and O–H groups in total. The SMILES string of the molecule is C=C/C(=C\C)P(=O)(c1ccccc1)c1ccccc1.O=C(c1ccc(F)cc1)c1c(O)c2ccccc2oc1=O.O=P(c1ccccc1)(c1ccccc1)c1ccccc1.[Eu]. The van der Waals surface area contributed by atoms with Crippen LogP contribution in [0.2, 0.25) is 0 Å². The van der Waals surface area contributed by atoms with Crippen molar-refractivity contribution in [2.75, 3.05) is 0 Å². The van der Waals surface area contributed by atoms with Gasteiger partial charge < -0.3 is 18.7 Å². The summed E-state index contributed by atoms with van der Waals surface area (Å²) < 4.78 is 45.4. The second kappa shape index (κ2) is 22.0. The van der Waals surface area contributed by atoms with Crippen LogP contribution in [0.4, 0.5) is 4.39 Å². The number of carbonyl (C=O) groups is 1. The number of benzene rings is 7. The van der Waals surface area contributed by atoms with Gasteiger partial charge in [-0.15, -0.1) is 0 Å². The Labute approximate surface area is 395 Å². The Morgan fingerprint density at radius 2 is 0.967 bits per heavy atom. The minimum absolute atomic E-state index is 0. The number of allylic oxidation sites excluding steroid dienone is 3. The van der Waals surface area contributed by atoms with Gasteiger partial charge in [-0.25, -0.2) is 9.18 Å². The van der Waals surface area contributed by atoms with E-state index in [1.807, 2.05) is 165 Å². The third-order valence-corrected chi connectivity index (χ3v) is 15.9. The number of aromatic hydroxyl groups is 1. The van der Waals surface area contributed by atoms with Gasteiger partial charge in [0.25, 0.3) is 0 Å². The Balaban J connectivity index is 0.000000172. The molecule has 0 unspecified atom stereocenters. The molecule has 0 aliphatic rings. The number of halogens is 1. The molecule has 0 atom stereocenters. The Bertz CT molecular complexity index is 2740. The minimum Gasteiger partial charge on any atom is -0.506 e. The van der Waals surface area contributed by atoms with Gasteiger partial charge in [0.05, 0.1) is 5.39 Å². The maximum absolute atomic E-state index is 13.8. The molecule has 1 aromatic heterocycles. The van der Waals surface area contributed by atoms with E-state index < -0.39 is 42.8 Å². The Hall–Kier alpha value is -5.33. The molecule has 305 valence electrons. The molecule has 0 aliphatic heterocycles. The van der Waals surface area contributed by atoms with Crippen molar-refractivity contribution in [1.82, 2.24) is 0 Å². The molecule has 7 aromatic carbocycles. The molecule has 1 heterocycles. The van der Waals surface area contributed by atoms with Crippen LogP contribution >= 0.6 is 14.3 Å². The average molecular weight is 983 g/mol. The molecule has 0 spiro atoms. The van der Waals surface area contributed by atoms with E-state index in [4.69, 9.17) is 4.42 Å². The smallest absolute Gasteiger partial charge is 0.351 e. The molecule has 8 rings (SSSR count).